The number of nitrogens with zero attached hydrogens (tertiary/aromatic N) is 1. The van der Waals surface area contributed by atoms with Crippen molar-refractivity contribution < 1.29 is 4.79 Å². The van der Waals surface area contributed by atoms with E-state index in [1.54, 1.807) is 12.1 Å². The van der Waals surface area contributed by atoms with Crippen LogP contribution in [0.25, 0.3) is 0 Å². The maximum atomic E-state index is 12.1. The second-order valence-corrected chi connectivity index (χ2v) is 5.36. The third kappa shape index (κ3) is 3.33. The molecule has 1 saturated heterocycles. The van der Waals surface area contributed by atoms with Crippen LogP contribution in [-0.4, -0.2) is 29.8 Å². The number of likely N-dealkylation sites (tertiary alicyclic amines) is 1. The van der Waals surface area contributed by atoms with Gasteiger partial charge >= 0.3 is 0 Å². The molecule has 2 nitrogen and oxygen atoms in total. The van der Waals surface area contributed by atoms with E-state index in [-0.39, 0.29) is 5.78 Å². The van der Waals surface area contributed by atoms with Crippen molar-refractivity contribution in [2.45, 2.75) is 38.6 Å². The molecule has 1 aromatic carbocycles. The Hall–Kier alpha value is -0.860. The SMILES string of the molecule is CCC1CCCN1CCC(=O)c1cccc(Cl)c1. The van der Waals surface area contributed by atoms with Crippen molar-refractivity contribution in [3.63, 3.8) is 0 Å². The molecule has 1 aromatic rings. The summed E-state index contributed by atoms with van der Waals surface area (Å²) in [5.41, 5.74) is 0.731. The van der Waals surface area contributed by atoms with Gasteiger partial charge in [0.1, 0.15) is 0 Å². The fourth-order valence-corrected chi connectivity index (χ4v) is 2.89. The predicted molar refractivity (Wildman–Crippen MR) is 75.3 cm³/mol. The van der Waals surface area contributed by atoms with Crippen LogP contribution in [0.2, 0.25) is 5.02 Å². The molecule has 1 aliphatic heterocycles. The van der Waals surface area contributed by atoms with E-state index in [0.29, 0.717) is 17.5 Å². The van der Waals surface area contributed by atoms with Gasteiger partial charge in [-0.1, -0.05) is 30.7 Å². The average molecular weight is 266 g/mol. The molecule has 1 unspecified atom stereocenters. The first-order valence-electron chi connectivity index (χ1n) is 6.73. The zero-order valence-electron chi connectivity index (χ0n) is 10.9. The smallest absolute Gasteiger partial charge is 0.164 e. The van der Waals surface area contributed by atoms with Gasteiger partial charge in [-0.2, -0.15) is 0 Å². The van der Waals surface area contributed by atoms with E-state index in [4.69, 9.17) is 11.6 Å². The van der Waals surface area contributed by atoms with Gasteiger partial charge < -0.3 is 0 Å². The summed E-state index contributed by atoms with van der Waals surface area (Å²) in [6, 6.07) is 7.91. The zero-order chi connectivity index (χ0) is 13.0. The minimum absolute atomic E-state index is 0.194. The number of rotatable bonds is 5. The second-order valence-electron chi connectivity index (χ2n) is 4.92. The molecule has 0 spiro atoms. The Labute approximate surface area is 114 Å². The number of benzene rings is 1. The highest BCUT2D eigenvalue weighted by atomic mass is 35.5. The quantitative estimate of drug-likeness (QED) is 0.755. The number of hydrogen-bond donors (Lipinski definition) is 0. The van der Waals surface area contributed by atoms with Crippen LogP contribution in [0.5, 0.6) is 0 Å². The molecule has 1 atom stereocenters. The lowest BCUT2D eigenvalue weighted by Crippen LogP contribution is -2.30. The van der Waals surface area contributed by atoms with Crippen molar-refractivity contribution in [3.05, 3.63) is 34.9 Å². The van der Waals surface area contributed by atoms with Crippen molar-refractivity contribution in [2.24, 2.45) is 0 Å². The average Bonchev–Trinajstić information content (AvgIpc) is 2.83. The molecule has 1 heterocycles. The summed E-state index contributed by atoms with van der Waals surface area (Å²) in [5.74, 6) is 0.194. The molecule has 1 fully saturated rings. The molecule has 0 saturated carbocycles. The third-order valence-corrected chi connectivity index (χ3v) is 3.98. The molecule has 0 bridgehead atoms. The molecule has 3 heteroatoms. The van der Waals surface area contributed by atoms with Crippen LogP contribution < -0.4 is 0 Å². The van der Waals surface area contributed by atoms with Crippen molar-refractivity contribution >= 4 is 17.4 Å². The summed E-state index contributed by atoms with van der Waals surface area (Å²) in [4.78, 5) is 14.5. The predicted octanol–water partition coefficient (Wildman–Crippen LogP) is 3.79. The van der Waals surface area contributed by atoms with Gasteiger partial charge in [0.05, 0.1) is 0 Å². The fraction of sp³-hybridized carbons (Fsp3) is 0.533. The first-order valence-corrected chi connectivity index (χ1v) is 7.11. The van der Waals surface area contributed by atoms with Crippen molar-refractivity contribution in [1.82, 2.24) is 4.90 Å². The van der Waals surface area contributed by atoms with Crippen LogP contribution in [0.15, 0.2) is 24.3 Å². The molecular weight excluding hydrogens is 246 g/mol. The van der Waals surface area contributed by atoms with Gasteiger partial charge in [-0.05, 0) is 37.9 Å². The molecule has 98 valence electrons. The van der Waals surface area contributed by atoms with E-state index in [9.17, 15) is 4.79 Å². The molecule has 0 amide bonds. The standard InChI is InChI=1S/C15H20ClNO/c1-2-14-7-4-9-17(14)10-8-15(18)12-5-3-6-13(16)11-12/h3,5-6,11,14H,2,4,7-10H2,1H3. The van der Waals surface area contributed by atoms with Crippen LogP contribution in [0.4, 0.5) is 0 Å². The molecule has 0 radical (unpaired) electrons. The number of carbonyl (C=O) groups is 1. The molecule has 1 aliphatic rings. The van der Waals surface area contributed by atoms with Gasteiger partial charge in [0.2, 0.25) is 0 Å². The molecule has 0 N–H and O–H groups in total. The van der Waals surface area contributed by atoms with Crippen LogP contribution in [0.3, 0.4) is 0 Å². The van der Waals surface area contributed by atoms with Crippen LogP contribution >= 0.6 is 11.6 Å². The highest BCUT2D eigenvalue weighted by Gasteiger charge is 2.22. The van der Waals surface area contributed by atoms with Crippen LogP contribution in [0, 0.1) is 0 Å². The van der Waals surface area contributed by atoms with E-state index in [1.165, 1.54) is 19.3 Å². The first-order chi connectivity index (χ1) is 8.70. The summed E-state index contributed by atoms with van der Waals surface area (Å²) in [6.07, 6.45) is 4.33. The monoisotopic (exact) mass is 265 g/mol. The maximum absolute atomic E-state index is 12.1. The number of hydrogen-bond acceptors (Lipinski definition) is 2. The Morgan fingerprint density at radius 3 is 3.06 bits per heavy atom. The summed E-state index contributed by atoms with van der Waals surface area (Å²) in [6.45, 7) is 4.24. The highest BCUT2D eigenvalue weighted by Crippen LogP contribution is 2.20. The Morgan fingerprint density at radius 2 is 2.33 bits per heavy atom. The lowest BCUT2D eigenvalue weighted by Gasteiger charge is -2.22. The highest BCUT2D eigenvalue weighted by molar-refractivity contribution is 6.31. The fourth-order valence-electron chi connectivity index (χ4n) is 2.70. The van der Waals surface area contributed by atoms with Crippen LogP contribution in [-0.2, 0) is 0 Å². The molecule has 2 rings (SSSR count). The van der Waals surface area contributed by atoms with E-state index in [0.717, 1.165) is 18.7 Å². The van der Waals surface area contributed by atoms with Gasteiger partial charge in [0.25, 0.3) is 0 Å². The van der Waals surface area contributed by atoms with E-state index in [2.05, 4.69) is 11.8 Å². The first kappa shape index (κ1) is 13.6. The summed E-state index contributed by atoms with van der Waals surface area (Å²) in [5, 5.41) is 0.633. The van der Waals surface area contributed by atoms with Crippen molar-refractivity contribution in [3.8, 4) is 0 Å². The maximum Gasteiger partial charge on any atom is 0.164 e. The summed E-state index contributed by atoms with van der Waals surface area (Å²) in [7, 11) is 0. The second kappa shape index (κ2) is 6.35. The lowest BCUT2D eigenvalue weighted by molar-refractivity contribution is 0.0960. The molecule has 18 heavy (non-hydrogen) atoms. The number of Topliss-reactive ketones (excluding diaryl/α,β-unsaturated/α-hetero) is 1. The number of ketones is 1. The largest absolute Gasteiger partial charge is 0.300 e. The van der Waals surface area contributed by atoms with Gasteiger partial charge in [0, 0.05) is 29.6 Å². The van der Waals surface area contributed by atoms with Gasteiger partial charge in [-0.25, -0.2) is 0 Å². The Morgan fingerprint density at radius 1 is 1.50 bits per heavy atom. The Kier molecular flexibility index (Phi) is 4.79. The molecular formula is C15H20ClNO. The molecule has 0 aromatic heterocycles. The Bertz CT molecular complexity index is 419. The third-order valence-electron chi connectivity index (χ3n) is 3.74. The number of carbonyl (C=O) groups excluding carboxylic acids is 1. The topological polar surface area (TPSA) is 20.3 Å². The lowest BCUT2D eigenvalue weighted by atomic mass is 10.1. The van der Waals surface area contributed by atoms with Gasteiger partial charge in [-0.3, -0.25) is 9.69 Å². The normalized spacial score (nSPS) is 20.2. The van der Waals surface area contributed by atoms with E-state index >= 15 is 0 Å². The number of halogens is 1. The van der Waals surface area contributed by atoms with E-state index < -0.39 is 0 Å². The minimum Gasteiger partial charge on any atom is -0.300 e. The van der Waals surface area contributed by atoms with E-state index in [1.807, 2.05) is 12.1 Å². The summed E-state index contributed by atoms with van der Waals surface area (Å²) >= 11 is 5.90. The van der Waals surface area contributed by atoms with Gasteiger partial charge in [0.15, 0.2) is 5.78 Å². The minimum atomic E-state index is 0.194. The zero-order valence-corrected chi connectivity index (χ0v) is 11.6. The molecule has 0 aliphatic carbocycles. The Balaban J connectivity index is 1.88. The van der Waals surface area contributed by atoms with Gasteiger partial charge in [-0.15, -0.1) is 0 Å². The summed E-state index contributed by atoms with van der Waals surface area (Å²) < 4.78 is 0. The van der Waals surface area contributed by atoms with Crippen molar-refractivity contribution in [2.75, 3.05) is 13.1 Å². The van der Waals surface area contributed by atoms with Crippen molar-refractivity contribution in [1.29, 1.82) is 0 Å². The van der Waals surface area contributed by atoms with Crippen LogP contribution in [0.1, 0.15) is 43.0 Å².